The number of benzene rings is 1. The van der Waals surface area contributed by atoms with Crippen LogP contribution in [0.1, 0.15) is 37.3 Å². The van der Waals surface area contributed by atoms with E-state index < -0.39 is 23.9 Å². The van der Waals surface area contributed by atoms with E-state index in [-0.39, 0.29) is 0 Å². The van der Waals surface area contributed by atoms with Crippen LogP contribution in [0.2, 0.25) is 0 Å². The molecule has 1 heterocycles. The second-order valence-corrected chi connectivity index (χ2v) is 7.63. The average molecular weight is 479 g/mol. The van der Waals surface area contributed by atoms with Gasteiger partial charge in [0.1, 0.15) is 0 Å². The van der Waals surface area contributed by atoms with Gasteiger partial charge in [0.05, 0.1) is 0 Å². The van der Waals surface area contributed by atoms with Crippen molar-refractivity contribution in [3.8, 4) is 0 Å². The Bertz CT molecular complexity index is 750. The molecule has 0 aliphatic carbocycles. The summed E-state index contributed by atoms with van der Waals surface area (Å²) in [5, 5.41) is 31.2. The summed E-state index contributed by atoms with van der Waals surface area (Å²) in [7, 11) is 4.33. The van der Waals surface area contributed by atoms with Crippen LogP contribution in [0, 0.1) is 0 Å². The lowest BCUT2D eigenvalue weighted by Gasteiger charge is -2.35. The molecule has 0 amide bonds. The maximum absolute atomic E-state index is 9.55. The number of hydrogen-bond donors (Lipinski definition) is 4. The molecule has 0 bridgehead atoms. The molecule has 0 radical (unpaired) electrons. The van der Waals surface area contributed by atoms with Gasteiger partial charge in [-0.05, 0) is 58.6 Å². The lowest BCUT2D eigenvalue weighted by Crippen LogP contribution is -2.35. The fourth-order valence-electron chi connectivity index (χ4n) is 3.13. The molecule has 10 nitrogen and oxygen atoms in total. The van der Waals surface area contributed by atoms with E-state index in [0.29, 0.717) is 30.3 Å². The number of nitrogens with zero attached hydrogens (tertiary/aromatic N) is 2. The summed E-state index contributed by atoms with van der Waals surface area (Å²) < 4.78 is 0. The first-order valence-electron chi connectivity index (χ1n) is 10.7. The molecule has 34 heavy (non-hydrogen) atoms. The molecule has 0 spiro atoms. The first-order chi connectivity index (χ1) is 16.0. The first-order valence-corrected chi connectivity index (χ1v) is 10.7. The van der Waals surface area contributed by atoms with Crippen LogP contribution in [-0.4, -0.2) is 87.8 Å². The molecule has 1 fully saturated rings. The van der Waals surface area contributed by atoms with E-state index in [1.54, 1.807) is 0 Å². The van der Waals surface area contributed by atoms with Gasteiger partial charge >= 0.3 is 23.9 Å². The maximum atomic E-state index is 9.55. The Kier molecular flexibility index (Phi) is 16.1. The van der Waals surface area contributed by atoms with E-state index >= 15 is 0 Å². The van der Waals surface area contributed by atoms with Crippen LogP contribution in [0.3, 0.4) is 0 Å². The number of carbonyl (C=O) groups is 4. The Labute approximate surface area is 199 Å². The third kappa shape index (κ3) is 17.1. The highest BCUT2D eigenvalue weighted by Crippen LogP contribution is 2.27. The quantitative estimate of drug-likeness (QED) is 0.389. The minimum Gasteiger partial charge on any atom is -0.478 e. The number of piperidine rings is 1. The zero-order valence-electron chi connectivity index (χ0n) is 19.5. The van der Waals surface area contributed by atoms with Crippen molar-refractivity contribution in [2.45, 2.75) is 31.7 Å². The van der Waals surface area contributed by atoms with Crippen LogP contribution in [0.15, 0.2) is 54.6 Å². The van der Waals surface area contributed by atoms with Gasteiger partial charge in [-0.25, -0.2) is 19.2 Å². The molecule has 0 saturated carbocycles. The van der Waals surface area contributed by atoms with Crippen molar-refractivity contribution >= 4 is 23.9 Å². The molecule has 4 N–H and O–H groups in total. The molecular formula is C24H34N2O8. The number of carboxylic acid groups (broad SMARTS) is 4. The van der Waals surface area contributed by atoms with Gasteiger partial charge in [0.2, 0.25) is 0 Å². The Morgan fingerprint density at radius 3 is 1.56 bits per heavy atom. The van der Waals surface area contributed by atoms with Crippen molar-refractivity contribution in [3.05, 3.63) is 60.2 Å². The highest BCUT2D eigenvalue weighted by molar-refractivity contribution is 5.90. The van der Waals surface area contributed by atoms with Gasteiger partial charge in [-0.3, -0.25) is 4.90 Å². The molecule has 1 saturated heterocycles. The molecular weight excluding hydrogens is 444 g/mol. The Morgan fingerprint density at radius 2 is 1.21 bits per heavy atom. The molecule has 1 aliphatic rings. The predicted molar refractivity (Wildman–Crippen MR) is 127 cm³/mol. The van der Waals surface area contributed by atoms with E-state index in [2.05, 4.69) is 54.2 Å². The molecule has 1 aromatic rings. The third-order valence-corrected chi connectivity index (χ3v) is 4.60. The number of hydrogen-bond acceptors (Lipinski definition) is 6. The van der Waals surface area contributed by atoms with Gasteiger partial charge in [0.15, 0.2) is 0 Å². The maximum Gasteiger partial charge on any atom is 0.328 e. The summed E-state index contributed by atoms with van der Waals surface area (Å²) in [6, 6.07) is 11.6. The SMILES string of the molecule is CN(C)CCC(c1ccccc1)N1CCCCC1.O=C(O)/C=C/C(=O)O.O=C(O)/C=C/C(=O)O. The summed E-state index contributed by atoms with van der Waals surface area (Å²) in [4.78, 5) is 43.2. The summed E-state index contributed by atoms with van der Waals surface area (Å²) in [5.74, 6) is -5.03. The van der Waals surface area contributed by atoms with Crippen LogP contribution in [-0.2, 0) is 19.2 Å². The summed E-state index contributed by atoms with van der Waals surface area (Å²) in [6.45, 7) is 3.70. The number of likely N-dealkylation sites (tertiary alicyclic amines) is 1. The predicted octanol–water partition coefficient (Wildman–Crippen LogP) is 2.59. The molecule has 188 valence electrons. The lowest BCUT2D eigenvalue weighted by atomic mass is 9.99. The Hall–Kier alpha value is -3.50. The van der Waals surface area contributed by atoms with E-state index in [0.717, 1.165) is 6.54 Å². The number of aliphatic carboxylic acids is 4. The van der Waals surface area contributed by atoms with E-state index in [1.165, 1.54) is 44.3 Å². The van der Waals surface area contributed by atoms with Crippen molar-refractivity contribution in [3.63, 3.8) is 0 Å². The molecule has 2 rings (SSSR count). The second kappa shape index (κ2) is 18.0. The standard InChI is InChI=1S/C16H26N2.2C4H4O4/c1-17(2)14-11-16(15-9-5-3-6-10-15)18-12-7-4-8-13-18;2*5-3(6)1-2-4(7)8/h3,5-6,9-10,16H,4,7-8,11-14H2,1-2H3;2*1-2H,(H,5,6)(H,7,8)/b;2*2-1+. The van der Waals surface area contributed by atoms with Gasteiger partial charge in [-0.2, -0.15) is 0 Å². The third-order valence-electron chi connectivity index (χ3n) is 4.60. The number of carboxylic acids is 4. The van der Waals surface area contributed by atoms with Crippen molar-refractivity contribution in [1.82, 2.24) is 9.80 Å². The number of rotatable bonds is 9. The first kappa shape index (κ1) is 30.5. The van der Waals surface area contributed by atoms with Crippen LogP contribution in [0.4, 0.5) is 0 Å². The van der Waals surface area contributed by atoms with Gasteiger partial charge in [-0.1, -0.05) is 36.8 Å². The Morgan fingerprint density at radius 1 is 0.794 bits per heavy atom. The minimum atomic E-state index is -1.26. The zero-order chi connectivity index (χ0) is 25.9. The molecule has 0 aromatic heterocycles. The normalized spacial score (nSPS) is 14.6. The van der Waals surface area contributed by atoms with Crippen molar-refractivity contribution in [1.29, 1.82) is 0 Å². The molecule has 1 atom stereocenters. The van der Waals surface area contributed by atoms with E-state index in [1.807, 2.05) is 0 Å². The van der Waals surface area contributed by atoms with Crippen LogP contribution < -0.4 is 0 Å². The molecule has 1 unspecified atom stereocenters. The largest absolute Gasteiger partial charge is 0.478 e. The van der Waals surface area contributed by atoms with Gasteiger partial charge in [0.25, 0.3) is 0 Å². The van der Waals surface area contributed by atoms with Crippen molar-refractivity contribution in [2.75, 3.05) is 33.7 Å². The summed E-state index contributed by atoms with van der Waals surface area (Å²) in [5.41, 5.74) is 1.49. The Balaban J connectivity index is 0.000000570. The van der Waals surface area contributed by atoms with Crippen LogP contribution in [0.5, 0.6) is 0 Å². The topological polar surface area (TPSA) is 156 Å². The smallest absolute Gasteiger partial charge is 0.328 e. The van der Waals surface area contributed by atoms with Crippen molar-refractivity contribution < 1.29 is 39.6 Å². The summed E-state index contributed by atoms with van der Waals surface area (Å²) in [6.07, 6.45) is 7.61. The molecule has 1 aliphatic heterocycles. The average Bonchev–Trinajstić information content (AvgIpc) is 2.78. The highest BCUT2D eigenvalue weighted by atomic mass is 16.4. The molecule has 1 aromatic carbocycles. The van der Waals surface area contributed by atoms with Crippen LogP contribution in [0.25, 0.3) is 0 Å². The van der Waals surface area contributed by atoms with Gasteiger partial charge < -0.3 is 25.3 Å². The summed E-state index contributed by atoms with van der Waals surface area (Å²) >= 11 is 0. The monoisotopic (exact) mass is 478 g/mol. The second-order valence-electron chi connectivity index (χ2n) is 7.63. The highest BCUT2D eigenvalue weighted by Gasteiger charge is 2.21. The molecule has 10 heteroatoms. The van der Waals surface area contributed by atoms with Gasteiger partial charge in [-0.15, -0.1) is 0 Å². The lowest BCUT2D eigenvalue weighted by molar-refractivity contribution is -0.134. The fraction of sp³-hybridized carbons (Fsp3) is 0.417. The minimum absolute atomic E-state index is 0.558. The van der Waals surface area contributed by atoms with E-state index in [4.69, 9.17) is 20.4 Å². The van der Waals surface area contributed by atoms with Crippen LogP contribution >= 0.6 is 0 Å². The van der Waals surface area contributed by atoms with E-state index in [9.17, 15) is 19.2 Å². The van der Waals surface area contributed by atoms with Gasteiger partial charge in [0, 0.05) is 30.3 Å². The fourth-order valence-corrected chi connectivity index (χ4v) is 3.13. The zero-order valence-corrected chi connectivity index (χ0v) is 19.5. The van der Waals surface area contributed by atoms with Crippen molar-refractivity contribution in [2.24, 2.45) is 0 Å².